The number of aromatic nitrogens is 1. The smallest absolute Gasteiger partial charge is 0.254 e. The van der Waals surface area contributed by atoms with E-state index in [1.165, 1.54) is 16.8 Å². The van der Waals surface area contributed by atoms with Gasteiger partial charge in [-0.05, 0) is 43.2 Å². The van der Waals surface area contributed by atoms with Crippen molar-refractivity contribution in [2.24, 2.45) is 0 Å². The van der Waals surface area contributed by atoms with Gasteiger partial charge in [0.25, 0.3) is 5.91 Å². The van der Waals surface area contributed by atoms with Crippen LogP contribution in [0.4, 0.5) is 0 Å². The van der Waals surface area contributed by atoms with Crippen molar-refractivity contribution in [3.8, 4) is 0 Å². The number of amides is 1. The van der Waals surface area contributed by atoms with E-state index >= 15 is 0 Å². The standard InChI is InChI=1S/C25H30N2O/c1-3-4-8-16-27(25(28)23-13-6-5-7-14-23)20-24-15-10-17-26(24)19-22-12-9-11-21(2)18-22/h5-7,9-15,17-18H,3-4,8,16,19-20H2,1-2H3. The molecule has 0 fully saturated rings. The number of rotatable bonds is 9. The molecule has 3 nitrogen and oxygen atoms in total. The van der Waals surface area contributed by atoms with Crippen LogP contribution >= 0.6 is 0 Å². The summed E-state index contributed by atoms with van der Waals surface area (Å²) in [4.78, 5) is 15.1. The summed E-state index contributed by atoms with van der Waals surface area (Å²) < 4.78 is 2.25. The van der Waals surface area contributed by atoms with Crippen LogP contribution in [-0.2, 0) is 13.1 Å². The van der Waals surface area contributed by atoms with E-state index < -0.39 is 0 Å². The molecular weight excluding hydrogens is 344 g/mol. The zero-order valence-electron chi connectivity index (χ0n) is 17.0. The SMILES string of the molecule is CCCCCN(Cc1cccn1Cc1cccc(C)c1)C(=O)c1ccccc1. The summed E-state index contributed by atoms with van der Waals surface area (Å²) in [6.07, 6.45) is 5.43. The second-order valence-electron chi connectivity index (χ2n) is 7.42. The number of unbranched alkanes of at least 4 members (excludes halogenated alkanes) is 2. The summed E-state index contributed by atoms with van der Waals surface area (Å²) >= 11 is 0. The highest BCUT2D eigenvalue weighted by molar-refractivity contribution is 5.94. The highest BCUT2D eigenvalue weighted by Crippen LogP contribution is 2.15. The third kappa shape index (κ3) is 5.35. The van der Waals surface area contributed by atoms with Gasteiger partial charge in [-0.2, -0.15) is 0 Å². The number of aryl methyl sites for hydroxylation is 1. The van der Waals surface area contributed by atoms with E-state index in [0.717, 1.165) is 37.9 Å². The zero-order valence-corrected chi connectivity index (χ0v) is 17.0. The van der Waals surface area contributed by atoms with Gasteiger partial charge in [-0.3, -0.25) is 4.79 Å². The van der Waals surface area contributed by atoms with Crippen LogP contribution in [0.1, 0.15) is 53.4 Å². The lowest BCUT2D eigenvalue weighted by molar-refractivity contribution is 0.0736. The van der Waals surface area contributed by atoms with Crippen LogP contribution in [-0.4, -0.2) is 21.9 Å². The highest BCUT2D eigenvalue weighted by Gasteiger charge is 2.17. The monoisotopic (exact) mass is 374 g/mol. The molecule has 1 heterocycles. The molecule has 0 aliphatic heterocycles. The van der Waals surface area contributed by atoms with Crippen molar-refractivity contribution >= 4 is 5.91 Å². The van der Waals surface area contributed by atoms with Gasteiger partial charge < -0.3 is 9.47 Å². The Morgan fingerprint density at radius 3 is 2.54 bits per heavy atom. The Kier molecular flexibility index (Phi) is 7.07. The van der Waals surface area contributed by atoms with Crippen molar-refractivity contribution in [1.29, 1.82) is 0 Å². The molecule has 0 spiro atoms. The lowest BCUT2D eigenvalue weighted by atomic mass is 10.1. The van der Waals surface area contributed by atoms with Crippen molar-refractivity contribution in [2.75, 3.05) is 6.54 Å². The van der Waals surface area contributed by atoms with Crippen molar-refractivity contribution in [3.05, 3.63) is 95.3 Å². The molecule has 3 rings (SSSR count). The number of benzene rings is 2. The molecule has 0 aliphatic carbocycles. The normalized spacial score (nSPS) is 10.8. The Hall–Kier alpha value is -2.81. The average Bonchev–Trinajstić information content (AvgIpc) is 3.14. The Bertz CT molecular complexity index is 882. The van der Waals surface area contributed by atoms with Crippen LogP contribution < -0.4 is 0 Å². The third-order valence-electron chi connectivity index (χ3n) is 5.05. The summed E-state index contributed by atoms with van der Waals surface area (Å²) in [6, 6.07) is 22.4. The van der Waals surface area contributed by atoms with Crippen LogP contribution in [0.5, 0.6) is 0 Å². The van der Waals surface area contributed by atoms with Gasteiger partial charge >= 0.3 is 0 Å². The van der Waals surface area contributed by atoms with E-state index in [0.29, 0.717) is 6.54 Å². The summed E-state index contributed by atoms with van der Waals surface area (Å²) in [6.45, 7) is 6.56. The second-order valence-corrected chi connectivity index (χ2v) is 7.42. The maximum absolute atomic E-state index is 13.1. The fourth-order valence-corrected chi connectivity index (χ4v) is 3.52. The molecule has 0 bridgehead atoms. The molecule has 146 valence electrons. The average molecular weight is 375 g/mol. The lowest BCUT2D eigenvalue weighted by Gasteiger charge is -2.24. The molecule has 0 aliphatic rings. The number of carbonyl (C=O) groups excluding carboxylic acids is 1. The largest absolute Gasteiger partial charge is 0.345 e. The minimum absolute atomic E-state index is 0.111. The molecule has 28 heavy (non-hydrogen) atoms. The van der Waals surface area contributed by atoms with Gasteiger partial charge in [-0.15, -0.1) is 0 Å². The molecule has 1 aromatic heterocycles. The highest BCUT2D eigenvalue weighted by atomic mass is 16.2. The molecule has 0 radical (unpaired) electrons. The molecule has 2 aromatic carbocycles. The number of hydrogen-bond donors (Lipinski definition) is 0. The van der Waals surface area contributed by atoms with Crippen molar-refractivity contribution in [3.63, 3.8) is 0 Å². The molecule has 3 heteroatoms. The summed E-state index contributed by atoms with van der Waals surface area (Å²) in [5.74, 6) is 0.111. The van der Waals surface area contributed by atoms with E-state index in [1.54, 1.807) is 0 Å². The van der Waals surface area contributed by atoms with Gasteiger partial charge in [0.1, 0.15) is 0 Å². The van der Waals surface area contributed by atoms with Crippen molar-refractivity contribution in [1.82, 2.24) is 9.47 Å². The van der Waals surface area contributed by atoms with Gasteiger partial charge in [0, 0.05) is 30.5 Å². The fourth-order valence-electron chi connectivity index (χ4n) is 3.52. The van der Waals surface area contributed by atoms with Crippen LogP contribution in [0.3, 0.4) is 0 Å². The first-order valence-corrected chi connectivity index (χ1v) is 10.2. The number of carbonyl (C=O) groups is 1. The van der Waals surface area contributed by atoms with Crippen molar-refractivity contribution in [2.45, 2.75) is 46.2 Å². The predicted octanol–water partition coefficient (Wildman–Crippen LogP) is 5.68. The molecule has 0 atom stereocenters. The molecule has 1 amide bonds. The van der Waals surface area contributed by atoms with Gasteiger partial charge in [0.2, 0.25) is 0 Å². The molecular formula is C25H30N2O. The van der Waals surface area contributed by atoms with E-state index in [2.05, 4.69) is 61.0 Å². The quantitative estimate of drug-likeness (QED) is 0.443. The first-order valence-electron chi connectivity index (χ1n) is 10.2. The van der Waals surface area contributed by atoms with Gasteiger partial charge in [0.15, 0.2) is 0 Å². The molecule has 0 saturated heterocycles. The first kappa shape index (κ1) is 19.9. The maximum Gasteiger partial charge on any atom is 0.254 e. The van der Waals surface area contributed by atoms with Crippen LogP contribution in [0.2, 0.25) is 0 Å². The fraction of sp³-hybridized carbons (Fsp3) is 0.320. The zero-order chi connectivity index (χ0) is 19.8. The van der Waals surface area contributed by atoms with Crippen LogP contribution in [0.25, 0.3) is 0 Å². The van der Waals surface area contributed by atoms with Gasteiger partial charge in [0.05, 0.1) is 6.54 Å². The lowest BCUT2D eigenvalue weighted by Crippen LogP contribution is -2.32. The second kappa shape index (κ2) is 9.93. The Morgan fingerprint density at radius 1 is 0.964 bits per heavy atom. The number of hydrogen-bond acceptors (Lipinski definition) is 1. The van der Waals surface area contributed by atoms with E-state index in [-0.39, 0.29) is 5.91 Å². The number of nitrogens with zero attached hydrogens (tertiary/aromatic N) is 2. The minimum atomic E-state index is 0.111. The topological polar surface area (TPSA) is 25.2 Å². The Balaban J connectivity index is 1.77. The molecule has 3 aromatic rings. The predicted molar refractivity (Wildman–Crippen MR) is 115 cm³/mol. The summed E-state index contributed by atoms with van der Waals surface area (Å²) in [7, 11) is 0. The van der Waals surface area contributed by atoms with E-state index in [9.17, 15) is 4.79 Å². The van der Waals surface area contributed by atoms with Crippen LogP contribution in [0, 0.1) is 6.92 Å². The minimum Gasteiger partial charge on any atom is -0.345 e. The molecule has 0 saturated carbocycles. The Morgan fingerprint density at radius 2 is 1.79 bits per heavy atom. The van der Waals surface area contributed by atoms with Gasteiger partial charge in [-0.25, -0.2) is 0 Å². The summed E-state index contributed by atoms with van der Waals surface area (Å²) in [5.41, 5.74) is 4.48. The Labute approximate surface area is 168 Å². The van der Waals surface area contributed by atoms with Crippen LogP contribution in [0.15, 0.2) is 72.9 Å². The van der Waals surface area contributed by atoms with Gasteiger partial charge in [-0.1, -0.05) is 67.8 Å². The summed E-state index contributed by atoms with van der Waals surface area (Å²) in [5, 5.41) is 0. The maximum atomic E-state index is 13.1. The third-order valence-corrected chi connectivity index (χ3v) is 5.05. The van der Waals surface area contributed by atoms with E-state index in [4.69, 9.17) is 0 Å². The van der Waals surface area contributed by atoms with Crippen molar-refractivity contribution < 1.29 is 4.79 Å². The first-order chi connectivity index (χ1) is 13.7. The molecule has 0 unspecified atom stereocenters. The molecule has 0 N–H and O–H groups in total. The van der Waals surface area contributed by atoms with E-state index in [1.807, 2.05) is 35.2 Å².